The van der Waals surface area contributed by atoms with E-state index in [0.29, 0.717) is 55.1 Å². The van der Waals surface area contributed by atoms with Crippen LogP contribution < -0.4 is 4.74 Å². The monoisotopic (exact) mass is 479 g/mol. The third kappa shape index (κ3) is 4.82. The molecule has 174 valence electrons. The SMILES string of the molecule is COc1ccc(-c2noc(CN3CCN(C(=O)c4csc(-c5ccc(F)cc5)n4)CC3)n2)cc1. The molecule has 34 heavy (non-hydrogen) atoms. The number of hydrogen-bond donors (Lipinski definition) is 0. The predicted molar refractivity (Wildman–Crippen MR) is 125 cm³/mol. The standard InChI is InChI=1S/C24H22FN5O3S/c1-32-19-8-4-16(5-9-19)22-27-21(33-28-22)14-29-10-12-30(13-11-29)24(31)20-15-34-23(26-20)17-2-6-18(25)7-3-17/h2-9,15H,10-14H2,1H3. The van der Waals surface area contributed by atoms with Gasteiger partial charge in [-0.2, -0.15) is 4.98 Å². The summed E-state index contributed by atoms with van der Waals surface area (Å²) in [4.78, 5) is 25.9. The lowest BCUT2D eigenvalue weighted by Gasteiger charge is -2.33. The quantitative estimate of drug-likeness (QED) is 0.414. The van der Waals surface area contributed by atoms with Crippen molar-refractivity contribution in [3.63, 3.8) is 0 Å². The topological polar surface area (TPSA) is 84.6 Å². The Morgan fingerprint density at radius 2 is 1.74 bits per heavy atom. The summed E-state index contributed by atoms with van der Waals surface area (Å²) in [6.45, 7) is 3.09. The third-order valence-corrected chi connectivity index (χ3v) is 6.54. The van der Waals surface area contributed by atoms with E-state index in [1.165, 1.54) is 23.5 Å². The van der Waals surface area contributed by atoms with Crippen LogP contribution in [0.3, 0.4) is 0 Å². The van der Waals surface area contributed by atoms with E-state index in [2.05, 4.69) is 20.0 Å². The number of aromatic nitrogens is 3. The van der Waals surface area contributed by atoms with Crippen molar-refractivity contribution in [1.29, 1.82) is 0 Å². The lowest BCUT2D eigenvalue weighted by molar-refractivity contribution is 0.0610. The second-order valence-corrected chi connectivity index (χ2v) is 8.71. The molecule has 1 fully saturated rings. The van der Waals surface area contributed by atoms with Crippen LogP contribution in [0.2, 0.25) is 0 Å². The van der Waals surface area contributed by atoms with Gasteiger partial charge in [0.05, 0.1) is 13.7 Å². The number of carbonyl (C=O) groups is 1. The second kappa shape index (κ2) is 9.70. The van der Waals surface area contributed by atoms with Crippen LogP contribution in [0, 0.1) is 5.82 Å². The Morgan fingerprint density at radius 3 is 2.44 bits per heavy atom. The number of hydrogen-bond acceptors (Lipinski definition) is 8. The molecule has 0 radical (unpaired) electrons. The Hall–Kier alpha value is -3.63. The van der Waals surface area contributed by atoms with Crippen LogP contribution >= 0.6 is 11.3 Å². The average molecular weight is 480 g/mol. The summed E-state index contributed by atoms with van der Waals surface area (Å²) in [5, 5.41) is 6.53. The van der Waals surface area contributed by atoms with Crippen LogP contribution in [-0.4, -0.2) is 64.1 Å². The molecule has 10 heteroatoms. The van der Waals surface area contributed by atoms with Gasteiger partial charge in [-0.15, -0.1) is 11.3 Å². The Bertz CT molecular complexity index is 1260. The number of rotatable bonds is 6. The maximum absolute atomic E-state index is 13.2. The molecule has 1 saturated heterocycles. The maximum Gasteiger partial charge on any atom is 0.273 e. The van der Waals surface area contributed by atoms with Crippen molar-refractivity contribution >= 4 is 17.2 Å². The molecule has 3 heterocycles. The number of piperazine rings is 1. The van der Waals surface area contributed by atoms with E-state index in [0.717, 1.165) is 16.9 Å². The number of benzene rings is 2. The second-order valence-electron chi connectivity index (χ2n) is 7.85. The fraction of sp³-hybridized carbons (Fsp3) is 0.250. The lowest BCUT2D eigenvalue weighted by atomic mass is 10.2. The van der Waals surface area contributed by atoms with Crippen molar-refractivity contribution in [3.05, 3.63) is 71.3 Å². The molecular formula is C24H22FN5O3S. The highest BCUT2D eigenvalue weighted by Gasteiger charge is 2.25. The first-order valence-electron chi connectivity index (χ1n) is 10.8. The van der Waals surface area contributed by atoms with Gasteiger partial charge in [0, 0.05) is 42.7 Å². The predicted octanol–water partition coefficient (Wildman–Crippen LogP) is 3.97. The molecule has 2 aromatic carbocycles. The molecule has 0 atom stereocenters. The molecule has 5 rings (SSSR count). The summed E-state index contributed by atoms with van der Waals surface area (Å²) in [7, 11) is 1.62. The zero-order valence-electron chi connectivity index (χ0n) is 18.5. The van der Waals surface area contributed by atoms with Crippen LogP contribution in [0.25, 0.3) is 22.0 Å². The summed E-state index contributed by atoms with van der Waals surface area (Å²) in [5.74, 6) is 1.45. The van der Waals surface area contributed by atoms with Gasteiger partial charge >= 0.3 is 0 Å². The van der Waals surface area contributed by atoms with Gasteiger partial charge in [-0.05, 0) is 48.5 Å². The van der Waals surface area contributed by atoms with E-state index < -0.39 is 0 Å². The highest BCUT2D eigenvalue weighted by molar-refractivity contribution is 7.13. The molecule has 4 aromatic rings. The van der Waals surface area contributed by atoms with Crippen LogP contribution in [0.4, 0.5) is 4.39 Å². The van der Waals surface area contributed by atoms with Crippen molar-refractivity contribution < 1.29 is 18.4 Å². The molecular weight excluding hydrogens is 457 g/mol. The highest BCUT2D eigenvalue weighted by atomic mass is 32.1. The smallest absolute Gasteiger partial charge is 0.273 e. The molecule has 0 aliphatic carbocycles. The molecule has 0 unspecified atom stereocenters. The largest absolute Gasteiger partial charge is 0.497 e. The highest BCUT2D eigenvalue weighted by Crippen LogP contribution is 2.25. The molecule has 1 amide bonds. The maximum atomic E-state index is 13.2. The van der Waals surface area contributed by atoms with Gasteiger partial charge in [0.25, 0.3) is 5.91 Å². The fourth-order valence-electron chi connectivity index (χ4n) is 3.74. The van der Waals surface area contributed by atoms with Crippen LogP contribution in [0.1, 0.15) is 16.4 Å². The first-order valence-corrected chi connectivity index (χ1v) is 11.7. The molecule has 0 spiro atoms. The van der Waals surface area contributed by atoms with Crippen molar-refractivity contribution in [2.24, 2.45) is 0 Å². The summed E-state index contributed by atoms with van der Waals surface area (Å²) < 4.78 is 23.8. The number of ether oxygens (including phenoxy) is 1. The Balaban J connectivity index is 1.16. The first kappa shape index (κ1) is 22.2. The minimum Gasteiger partial charge on any atom is -0.497 e. The van der Waals surface area contributed by atoms with Crippen molar-refractivity contribution in [1.82, 2.24) is 24.9 Å². The zero-order valence-corrected chi connectivity index (χ0v) is 19.3. The fourth-order valence-corrected chi connectivity index (χ4v) is 4.54. The summed E-state index contributed by atoms with van der Waals surface area (Å²) in [6, 6.07) is 13.6. The van der Waals surface area contributed by atoms with E-state index in [4.69, 9.17) is 9.26 Å². The molecule has 2 aromatic heterocycles. The van der Waals surface area contributed by atoms with Crippen LogP contribution in [-0.2, 0) is 6.54 Å². The minimum absolute atomic E-state index is 0.0937. The summed E-state index contributed by atoms with van der Waals surface area (Å²) in [6.07, 6.45) is 0. The van der Waals surface area contributed by atoms with Crippen LogP contribution in [0.5, 0.6) is 5.75 Å². The molecule has 1 aliphatic heterocycles. The van der Waals surface area contributed by atoms with E-state index >= 15 is 0 Å². The number of carbonyl (C=O) groups excluding carboxylic acids is 1. The molecule has 1 aliphatic rings. The van der Waals surface area contributed by atoms with Crippen molar-refractivity contribution in [3.8, 4) is 27.7 Å². The van der Waals surface area contributed by atoms with Crippen LogP contribution in [0.15, 0.2) is 58.4 Å². The van der Waals surface area contributed by atoms with E-state index in [1.807, 2.05) is 24.3 Å². The van der Waals surface area contributed by atoms with Gasteiger partial charge in [0.15, 0.2) is 0 Å². The Labute approximate surface area is 199 Å². The van der Waals surface area contributed by atoms with E-state index in [9.17, 15) is 9.18 Å². The summed E-state index contributed by atoms with van der Waals surface area (Å²) >= 11 is 1.38. The van der Waals surface area contributed by atoms with Crippen molar-refractivity contribution in [2.75, 3.05) is 33.3 Å². The van der Waals surface area contributed by atoms with Gasteiger partial charge in [-0.3, -0.25) is 9.69 Å². The molecule has 0 bridgehead atoms. The molecule has 8 nitrogen and oxygen atoms in total. The zero-order chi connectivity index (χ0) is 23.5. The minimum atomic E-state index is -0.299. The number of nitrogens with zero attached hydrogens (tertiary/aromatic N) is 5. The molecule has 0 saturated carbocycles. The van der Waals surface area contributed by atoms with Gasteiger partial charge in [-0.1, -0.05) is 5.16 Å². The first-order chi connectivity index (χ1) is 16.6. The third-order valence-electron chi connectivity index (χ3n) is 5.65. The normalized spacial score (nSPS) is 14.4. The van der Waals surface area contributed by atoms with Gasteiger partial charge < -0.3 is 14.2 Å². The Morgan fingerprint density at radius 1 is 1.03 bits per heavy atom. The number of amides is 1. The molecule has 0 N–H and O–H groups in total. The van der Waals surface area contributed by atoms with Crippen molar-refractivity contribution in [2.45, 2.75) is 6.54 Å². The number of halogens is 1. The van der Waals surface area contributed by atoms with E-state index in [-0.39, 0.29) is 11.7 Å². The number of thiazole rings is 1. The Kier molecular flexibility index (Phi) is 6.33. The number of methoxy groups -OCH3 is 1. The lowest BCUT2D eigenvalue weighted by Crippen LogP contribution is -2.48. The van der Waals surface area contributed by atoms with Gasteiger partial charge in [0.1, 0.15) is 22.3 Å². The van der Waals surface area contributed by atoms with Gasteiger partial charge in [0.2, 0.25) is 11.7 Å². The van der Waals surface area contributed by atoms with Gasteiger partial charge in [-0.25, -0.2) is 9.37 Å². The average Bonchev–Trinajstić information content (AvgIpc) is 3.55. The summed E-state index contributed by atoms with van der Waals surface area (Å²) in [5.41, 5.74) is 2.07. The van der Waals surface area contributed by atoms with E-state index in [1.54, 1.807) is 29.5 Å².